The summed E-state index contributed by atoms with van der Waals surface area (Å²) < 4.78 is 1.41. The molecule has 0 unspecified atom stereocenters. The van der Waals surface area contributed by atoms with Crippen LogP contribution in [0.1, 0.15) is 12.0 Å². The predicted molar refractivity (Wildman–Crippen MR) is 63.7 cm³/mol. The Balaban J connectivity index is 1.63. The van der Waals surface area contributed by atoms with Crippen molar-refractivity contribution < 1.29 is 4.48 Å². The van der Waals surface area contributed by atoms with Gasteiger partial charge in [0.05, 0.1) is 11.4 Å². The molecular weight excluding hydrogens is 250 g/mol. The van der Waals surface area contributed by atoms with Crippen LogP contribution in [-0.4, -0.2) is 27.9 Å². The number of rotatable bonds is 2. The highest BCUT2D eigenvalue weighted by Gasteiger charge is 2.81. The first-order chi connectivity index (χ1) is 7.31. The summed E-state index contributed by atoms with van der Waals surface area (Å²) >= 11 is 3.89. The van der Waals surface area contributed by atoms with Crippen molar-refractivity contribution in [3.8, 4) is 0 Å². The lowest BCUT2D eigenvalue weighted by Crippen LogP contribution is -2.25. The van der Waals surface area contributed by atoms with Crippen molar-refractivity contribution in [1.82, 2.24) is 0 Å². The van der Waals surface area contributed by atoms with Crippen LogP contribution in [-0.2, 0) is 6.54 Å². The molecule has 15 heavy (non-hydrogen) atoms. The van der Waals surface area contributed by atoms with E-state index in [0.29, 0.717) is 0 Å². The molecule has 4 aliphatic rings. The molecule has 1 aliphatic carbocycles. The van der Waals surface area contributed by atoms with E-state index in [2.05, 4.69) is 46.3 Å². The van der Waals surface area contributed by atoms with E-state index in [9.17, 15) is 0 Å². The summed E-state index contributed by atoms with van der Waals surface area (Å²) in [5, 5.41) is 0. The van der Waals surface area contributed by atoms with E-state index >= 15 is 0 Å². The second-order valence-electron chi connectivity index (χ2n) is 5.43. The largest absolute Gasteiger partial charge is 0.304 e. The minimum Gasteiger partial charge on any atom is -0.304 e. The fourth-order valence-electron chi connectivity index (χ4n) is 4.18. The lowest BCUT2D eigenvalue weighted by atomic mass is 10.1. The molecule has 5 atom stereocenters. The molecule has 4 fully saturated rings. The third-order valence-electron chi connectivity index (χ3n) is 4.77. The molecule has 1 aromatic rings. The number of piperidine rings is 3. The van der Waals surface area contributed by atoms with Crippen molar-refractivity contribution in [3.63, 3.8) is 0 Å². The molecule has 3 saturated heterocycles. The number of hydrogen-bond donors (Lipinski definition) is 0. The van der Waals surface area contributed by atoms with Crippen LogP contribution in [0.5, 0.6) is 0 Å². The fourth-order valence-corrected chi connectivity index (χ4v) is 5.39. The molecular formula is C13H15BrN+. The Morgan fingerprint density at radius 2 is 2.07 bits per heavy atom. The maximum Gasteiger partial charge on any atom is 0.155 e. The van der Waals surface area contributed by atoms with Gasteiger partial charge < -0.3 is 4.48 Å². The van der Waals surface area contributed by atoms with Gasteiger partial charge in [-0.25, -0.2) is 0 Å². The molecule has 1 saturated carbocycles. The first kappa shape index (κ1) is 8.77. The van der Waals surface area contributed by atoms with Gasteiger partial charge in [-0.05, 0) is 0 Å². The van der Waals surface area contributed by atoms with Crippen LogP contribution >= 0.6 is 15.9 Å². The zero-order chi connectivity index (χ0) is 10.0. The van der Waals surface area contributed by atoms with Gasteiger partial charge in [-0.3, -0.25) is 0 Å². The number of nitrogens with zero attached hydrogens (tertiary/aromatic N) is 1. The summed E-state index contributed by atoms with van der Waals surface area (Å²) in [6.07, 6.45) is 1.48. The van der Waals surface area contributed by atoms with E-state index in [1.807, 2.05) is 0 Å². The summed E-state index contributed by atoms with van der Waals surface area (Å²) in [6, 6.07) is 13.0. The van der Waals surface area contributed by atoms with E-state index in [1.165, 1.54) is 29.6 Å². The quantitative estimate of drug-likeness (QED) is 0.438. The second-order valence-corrected chi connectivity index (χ2v) is 6.48. The van der Waals surface area contributed by atoms with Crippen LogP contribution in [0, 0.1) is 5.92 Å². The zero-order valence-corrected chi connectivity index (χ0v) is 10.2. The number of benzene rings is 1. The Bertz CT molecular complexity index is 404. The predicted octanol–water partition coefficient (Wildman–Crippen LogP) is 2.55. The van der Waals surface area contributed by atoms with Crippen molar-refractivity contribution in [2.24, 2.45) is 5.92 Å². The first-order valence-corrected chi connectivity index (χ1v) is 6.77. The zero-order valence-electron chi connectivity index (χ0n) is 8.64. The van der Waals surface area contributed by atoms with Gasteiger partial charge in [0.25, 0.3) is 0 Å². The highest BCUT2D eigenvalue weighted by atomic mass is 79.9. The first-order valence-electron chi connectivity index (χ1n) is 5.86. The molecule has 0 amide bonds. The minimum atomic E-state index is 0.825. The summed E-state index contributed by atoms with van der Waals surface area (Å²) in [7, 11) is 0. The average Bonchev–Trinajstić information content (AvgIpc) is 2.55. The Morgan fingerprint density at radius 1 is 1.27 bits per heavy atom. The van der Waals surface area contributed by atoms with Gasteiger partial charge in [-0.2, -0.15) is 0 Å². The Morgan fingerprint density at radius 3 is 2.60 bits per heavy atom. The molecule has 1 nitrogen and oxygen atoms in total. The van der Waals surface area contributed by atoms with Crippen molar-refractivity contribution >= 4 is 15.9 Å². The summed E-state index contributed by atoms with van der Waals surface area (Å²) in [5.74, 6) is 0.976. The van der Waals surface area contributed by atoms with Crippen LogP contribution in [0.25, 0.3) is 0 Å². The van der Waals surface area contributed by atoms with E-state index < -0.39 is 0 Å². The van der Waals surface area contributed by atoms with Gasteiger partial charge in [0, 0.05) is 17.9 Å². The average molecular weight is 265 g/mol. The smallest absolute Gasteiger partial charge is 0.155 e. The summed E-state index contributed by atoms with van der Waals surface area (Å²) in [4.78, 5) is 0.825. The van der Waals surface area contributed by atoms with Gasteiger partial charge in [-0.1, -0.05) is 46.3 Å². The maximum atomic E-state index is 3.89. The maximum absolute atomic E-state index is 3.89. The van der Waals surface area contributed by atoms with Gasteiger partial charge in [0.2, 0.25) is 0 Å². The van der Waals surface area contributed by atoms with Crippen molar-refractivity contribution in [2.45, 2.75) is 29.9 Å². The van der Waals surface area contributed by atoms with Crippen molar-refractivity contribution in [2.75, 3.05) is 6.54 Å². The number of alkyl halides is 1. The lowest BCUT2D eigenvalue weighted by molar-refractivity contribution is -0.823. The molecule has 78 valence electrons. The fraction of sp³-hybridized carbons (Fsp3) is 0.538. The topological polar surface area (TPSA) is 0 Å². The molecule has 0 spiro atoms. The molecule has 3 aliphatic heterocycles. The highest BCUT2D eigenvalue weighted by Crippen LogP contribution is 2.64. The minimum absolute atomic E-state index is 0.825. The van der Waals surface area contributed by atoms with Crippen LogP contribution in [0.4, 0.5) is 0 Å². The molecule has 3 heterocycles. The third kappa shape index (κ3) is 0.974. The molecule has 2 heteroatoms. The number of halogens is 1. The molecule has 5 rings (SSSR count). The molecule has 1 aromatic carbocycles. The molecule has 4 bridgehead atoms. The second kappa shape index (κ2) is 2.67. The van der Waals surface area contributed by atoms with Crippen LogP contribution < -0.4 is 0 Å². The Kier molecular flexibility index (Phi) is 1.56. The van der Waals surface area contributed by atoms with Gasteiger partial charge in [0.1, 0.15) is 12.6 Å². The Labute approximate surface area is 98.8 Å². The van der Waals surface area contributed by atoms with E-state index in [1.54, 1.807) is 0 Å². The van der Waals surface area contributed by atoms with Gasteiger partial charge in [-0.15, -0.1) is 0 Å². The van der Waals surface area contributed by atoms with Crippen LogP contribution in [0.2, 0.25) is 0 Å². The molecule has 0 radical (unpaired) electrons. The van der Waals surface area contributed by atoms with Gasteiger partial charge >= 0.3 is 0 Å². The highest BCUT2D eigenvalue weighted by molar-refractivity contribution is 9.09. The standard InChI is InChI=1S/C13H15BrN/c14-12-10-6-11-13(12)15(11,8-10)7-9-4-2-1-3-5-9/h1-5,10-13H,6-8H2/q+1/t10-,11-,12+,13-,15-/m0/s1. The van der Waals surface area contributed by atoms with E-state index in [0.717, 1.165) is 22.8 Å². The van der Waals surface area contributed by atoms with E-state index in [4.69, 9.17) is 0 Å². The van der Waals surface area contributed by atoms with Crippen molar-refractivity contribution in [3.05, 3.63) is 35.9 Å². The normalized spacial score (nSPS) is 49.7. The van der Waals surface area contributed by atoms with Crippen LogP contribution in [0.3, 0.4) is 0 Å². The van der Waals surface area contributed by atoms with Crippen LogP contribution in [0.15, 0.2) is 30.3 Å². The van der Waals surface area contributed by atoms with Gasteiger partial charge in [0.15, 0.2) is 6.04 Å². The summed E-state index contributed by atoms with van der Waals surface area (Å²) in [6.45, 7) is 2.70. The lowest BCUT2D eigenvalue weighted by Gasteiger charge is -2.15. The third-order valence-corrected chi connectivity index (χ3v) is 6.06. The SMILES string of the molecule is Br[C@@H]1[C@H]2C[C@H]3[C@@H]1[N@@+]3(Cc1ccccc1)C2. The molecule has 0 N–H and O–H groups in total. The van der Waals surface area contributed by atoms with Crippen molar-refractivity contribution in [1.29, 1.82) is 0 Å². The van der Waals surface area contributed by atoms with E-state index in [-0.39, 0.29) is 0 Å². The Hall–Kier alpha value is -0.340. The molecule has 0 aromatic heterocycles. The number of hydrogen-bond acceptors (Lipinski definition) is 0. The monoisotopic (exact) mass is 264 g/mol. The number of quaternary nitrogens is 1. The summed E-state index contributed by atoms with van der Waals surface area (Å²) in [5.41, 5.74) is 1.52.